The number of halogens is 3. The molecule has 0 amide bonds. The van der Waals surface area contributed by atoms with Gasteiger partial charge in [-0.1, -0.05) is 0 Å². The van der Waals surface area contributed by atoms with E-state index in [0.717, 1.165) is 0 Å². The zero-order valence-corrected chi connectivity index (χ0v) is 7.42. The Morgan fingerprint density at radius 3 is 1.50 bits per heavy atom. The minimum Gasteiger partial charge on any atom is -0.547 e. The average molecular weight is 195 g/mol. The molecule has 10 heteroatoms. The van der Waals surface area contributed by atoms with Gasteiger partial charge in [-0.05, 0) is 0 Å². The quantitative estimate of drug-likeness (QED) is 0.418. The Hall–Kier alpha value is -0.0103. The van der Waals surface area contributed by atoms with E-state index in [0.29, 0.717) is 0 Å². The molecule has 0 saturated carbocycles. The first-order valence-electron chi connectivity index (χ1n) is 2.24. The monoisotopic (exact) mass is 195 g/mol. The molecule has 0 N–H and O–H groups in total. The fourth-order valence-electron chi connectivity index (χ4n) is 0.251. The molecule has 0 fully saturated rings. The van der Waals surface area contributed by atoms with E-state index < -0.39 is 24.0 Å². The minimum atomic E-state index is -5.04. The van der Waals surface area contributed by atoms with Crippen LogP contribution < -0.4 is 47.9 Å². The van der Waals surface area contributed by atoms with Crippen molar-refractivity contribution in [3.05, 3.63) is 0 Å². The topological polar surface area (TPSA) is 80.3 Å². The number of carboxylic acids is 2. The van der Waals surface area contributed by atoms with Crippen LogP contribution in [0.4, 0.5) is 13.2 Å². The van der Waals surface area contributed by atoms with E-state index >= 15 is 0 Å². The van der Waals surface area contributed by atoms with Gasteiger partial charge < -0.3 is 19.8 Å². The van der Waals surface area contributed by atoms with Gasteiger partial charge in [0.2, 0.25) is 6.17 Å². The second-order valence-electron chi connectivity index (χ2n) is 1.59. The van der Waals surface area contributed by atoms with Crippen molar-refractivity contribution in [1.82, 2.24) is 0 Å². The molecule has 14 heavy (non-hydrogen) atoms. The van der Waals surface area contributed by atoms with Gasteiger partial charge in [0.25, 0.3) is 0 Å². The first-order chi connectivity index (χ1) is 4.80. The van der Waals surface area contributed by atoms with Gasteiger partial charge in [0.15, 0.2) is 0 Å². The number of hydrogen-bond acceptors (Lipinski definition) is 4. The first-order valence-corrected chi connectivity index (χ1v) is 2.24. The van der Waals surface area contributed by atoms with Crippen LogP contribution in [0.25, 0.3) is 0 Å². The molecule has 3 radical (unpaired) electrons. The molecular formula is C4HBF3Li2O4. The fraction of sp³-hybridized carbons (Fsp3) is 0.500. The van der Waals surface area contributed by atoms with Crippen molar-refractivity contribution in [2.45, 2.75) is 12.1 Å². The summed E-state index contributed by atoms with van der Waals surface area (Å²) in [5.41, 5.74) is 0. The summed E-state index contributed by atoms with van der Waals surface area (Å²) in [7, 11) is 0. The van der Waals surface area contributed by atoms with Crippen LogP contribution in [-0.4, -0.2) is 32.4 Å². The number of alkyl halides is 3. The van der Waals surface area contributed by atoms with Crippen LogP contribution in [0.2, 0.25) is 0 Å². The molecular weight excluding hydrogens is 194 g/mol. The molecule has 0 aliphatic carbocycles. The second kappa shape index (κ2) is 8.31. The average Bonchev–Trinajstić information content (AvgIpc) is 1.85. The van der Waals surface area contributed by atoms with E-state index in [1.165, 1.54) is 0 Å². The normalized spacial score (nSPS) is 11.1. The predicted octanol–water partition coefficient (Wildman–Crippen LogP) is -8.91. The molecule has 1 unspecified atom stereocenters. The van der Waals surface area contributed by atoms with Crippen molar-refractivity contribution >= 4 is 20.4 Å². The Labute approximate surface area is 103 Å². The third kappa shape index (κ3) is 5.66. The molecule has 0 aliphatic heterocycles. The van der Waals surface area contributed by atoms with E-state index in [2.05, 4.69) is 0 Å². The van der Waals surface area contributed by atoms with E-state index in [1.807, 2.05) is 0 Å². The van der Waals surface area contributed by atoms with Crippen LogP contribution in [-0.2, 0) is 9.59 Å². The molecule has 0 aliphatic rings. The molecule has 0 rings (SSSR count). The van der Waals surface area contributed by atoms with Gasteiger partial charge in [-0.15, -0.1) is 0 Å². The van der Waals surface area contributed by atoms with Gasteiger partial charge in [-0.2, -0.15) is 8.78 Å². The summed E-state index contributed by atoms with van der Waals surface area (Å²) in [5, 5.41) is 18.8. The minimum absolute atomic E-state index is 0. The zero-order chi connectivity index (χ0) is 9.23. The molecule has 0 saturated heterocycles. The second-order valence-corrected chi connectivity index (χ2v) is 1.59. The van der Waals surface area contributed by atoms with Gasteiger partial charge >= 0.3 is 43.6 Å². The number of aliphatic carboxylic acids is 2. The number of carbonyl (C=O) groups is 2. The van der Waals surface area contributed by atoms with Crippen molar-refractivity contribution in [2.75, 3.05) is 0 Å². The van der Waals surface area contributed by atoms with Crippen LogP contribution >= 0.6 is 0 Å². The molecule has 0 aromatic rings. The first kappa shape index (κ1) is 23.7. The summed E-state index contributed by atoms with van der Waals surface area (Å²) < 4.78 is 35.2. The van der Waals surface area contributed by atoms with Gasteiger partial charge in [0.05, 0.1) is 5.97 Å². The Bertz CT molecular complexity index is 203. The maximum atomic E-state index is 11.7. The molecule has 1 atom stereocenters. The zero-order valence-electron chi connectivity index (χ0n) is 7.42. The summed E-state index contributed by atoms with van der Waals surface area (Å²) in [5.74, 6) is -10.9. The Morgan fingerprint density at radius 2 is 1.43 bits per heavy atom. The number of rotatable bonds is 3. The van der Waals surface area contributed by atoms with Gasteiger partial charge in [0, 0.05) is 8.41 Å². The van der Waals surface area contributed by atoms with Crippen molar-refractivity contribution in [2.24, 2.45) is 0 Å². The Balaban J connectivity index is -0.000000167. The summed E-state index contributed by atoms with van der Waals surface area (Å²) in [6.07, 6.45) is -3.88. The standard InChI is InChI=1S/C4H3F3O4.B.2Li/c5-1(2(8)9)4(6,7)3(10)11;;;/h1H,(H,8,9)(H,10,11);;;/q;;2*+1/p-2. The van der Waals surface area contributed by atoms with E-state index in [-0.39, 0.29) is 46.1 Å². The molecule has 4 nitrogen and oxygen atoms in total. The van der Waals surface area contributed by atoms with Crippen molar-refractivity contribution in [1.29, 1.82) is 0 Å². The maximum absolute atomic E-state index is 11.7. The predicted molar refractivity (Wildman–Crippen MR) is 25.6 cm³/mol. The third-order valence-electron chi connectivity index (χ3n) is 0.797. The number of carbonyl (C=O) groups excluding carboxylic acids is 2. The number of carboxylic acid groups (broad SMARTS) is 2. The summed E-state index contributed by atoms with van der Waals surface area (Å²) >= 11 is 0. The van der Waals surface area contributed by atoms with Crippen LogP contribution in [0, 0.1) is 0 Å². The summed E-state index contributed by atoms with van der Waals surface area (Å²) in [6.45, 7) is 0. The van der Waals surface area contributed by atoms with Crippen LogP contribution in [0.5, 0.6) is 0 Å². The Morgan fingerprint density at radius 1 is 1.14 bits per heavy atom. The number of hydrogen-bond donors (Lipinski definition) is 0. The van der Waals surface area contributed by atoms with Crippen LogP contribution in [0.15, 0.2) is 0 Å². The molecule has 0 aromatic heterocycles. The maximum Gasteiger partial charge on any atom is 1.00 e. The fourth-order valence-corrected chi connectivity index (χ4v) is 0.251. The molecule has 67 valence electrons. The summed E-state index contributed by atoms with van der Waals surface area (Å²) in [4.78, 5) is 18.8. The largest absolute Gasteiger partial charge is 1.00 e. The van der Waals surface area contributed by atoms with Gasteiger partial charge in [0.1, 0.15) is 5.97 Å². The Kier molecular flexibility index (Phi) is 14.0. The van der Waals surface area contributed by atoms with Crippen molar-refractivity contribution < 1.29 is 70.7 Å². The molecule has 0 aromatic carbocycles. The molecule has 0 heterocycles. The SMILES string of the molecule is O=C([O-])C(F)C(F)(F)C(=O)[O-].[B].[Li+].[Li+]. The van der Waals surface area contributed by atoms with Crippen molar-refractivity contribution in [3.63, 3.8) is 0 Å². The van der Waals surface area contributed by atoms with Crippen LogP contribution in [0.3, 0.4) is 0 Å². The van der Waals surface area contributed by atoms with E-state index in [4.69, 9.17) is 0 Å². The van der Waals surface area contributed by atoms with Crippen molar-refractivity contribution in [3.8, 4) is 0 Å². The third-order valence-corrected chi connectivity index (χ3v) is 0.797. The molecule has 0 bridgehead atoms. The summed E-state index contributed by atoms with van der Waals surface area (Å²) in [6, 6.07) is 0. The van der Waals surface area contributed by atoms with E-state index in [9.17, 15) is 33.0 Å². The molecule has 0 spiro atoms. The van der Waals surface area contributed by atoms with E-state index in [1.54, 1.807) is 0 Å². The van der Waals surface area contributed by atoms with Gasteiger partial charge in [-0.25, -0.2) is 4.39 Å². The van der Waals surface area contributed by atoms with Crippen LogP contribution in [0.1, 0.15) is 0 Å². The van der Waals surface area contributed by atoms with Gasteiger partial charge in [-0.3, -0.25) is 0 Å². The smallest absolute Gasteiger partial charge is 0.547 e.